The number of nitrogens with zero attached hydrogens (tertiary/aromatic N) is 2. The summed E-state index contributed by atoms with van der Waals surface area (Å²) in [7, 11) is 0. The molecule has 1 N–H and O–H groups in total. The van der Waals surface area contributed by atoms with Crippen LogP contribution in [0.15, 0.2) is 29.8 Å². The van der Waals surface area contributed by atoms with E-state index in [-0.39, 0.29) is 6.04 Å². The fourth-order valence-electron chi connectivity index (χ4n) is 2.40. The van der Waals surface area contributed by atoms with Crippen molar-refractivity contribution in [3.8, 4) is 0 Å². The van der Waals surface area contributed by atoms with Gasteiger partial charge >= 0.3 is 0 Å². The van der Waals surface area contributed by atoms with Gasteiger partial charge < -0.3 is 4.98 Å². The summed E-state index contributed by atoms with van der Waals surface area (Å²) in [6.45, 7) is 4.22. The lowest BCUT2D eigenvalue weighted by molar-refractivity contribution is 0.581. The van der Waals surface area contributed by atoms with E-state index in [4.69, 9.17) is 12.2 Å². The summed E-state index contributed by atoms with van der Waals surface area (Å²) in [6, 6.07) is 6.60. The van der Waals surface area contributed by atoms with Gasteiger partial charge in [-0.15, -0.1) is 11.3 Å². The van der Waals surface area contributed by atoms with Crippen molar-refractivity contribution in [2.45, 2.75) is 26.3 Å². The van der Waals surface area contributed by atoms with Crippen LogP contribution in [0.25, 0.3) is 11.2 Å². The molecule has 1 unspecified atom stereocenters. The maximum atomic E-state index is 5.48. The zero-order valence-corrected chi connectivity index (χ0v) is 12.5. The first kappa shape index (κ1) is 12.6. The number of aromatic amines is 1. The molecule has 0 bridgehead atoms. The van der Waals surface area contributed by atoms with Crippen molar-refractivity contribution in [2.24, 2.45) is 0 Å². The van der Waals surface area contributed by atoms with Crippen molar-refractivity contribution in [3.63, 3.8) is 0 Å². The van der Waals surface area contributed by atoms with Crippen LogP contribution in [0.2, 0.25) is 0 Å². The Bertz CT molecular complexity index is 753. The summed E-state index contributed by atoms with van der Waals surface area (Å²) in [5, 5.41) is 2.11. The second-order valence-corrected chi connectivity index (χ2v) is 5.99. The van der Waals surface area contributed by atoms with E-state index in [1.807, 2.05) is 13.1 Å². The standard InChI is InChI=1S/C14H15N3S2/c1-3-11(12-5-4-6-19-12)17-13-10(16-14(17)18)7-9(2)8-15-13/h4-8,11H,3H2,1-2H3,(H,16,18). The lowest BCUT2D eigenvalue weighted by atomic mass is 10.2. The van der Waals surface area contributed by atoms with Gasteiger partial charge in [0.2, 0.25) is 0 Å². The molecule has 0 radical (unpaired) electrons. The van der Waals surface area contributed by atoms with E-state index in [2.05, 4.69) is 45.0 Å². The highest BCUT2D eigenvalue weighted by Crippen LogP contribution is 2.29. The molecule has 0 saturated carbocycles. The SMILES string of the molecule is CCC(c1cccs1)n1c(=S)[nH]c2cc(C)cnc21. The topological polar surface area (TPSA) is 33.6 Å². The van der Waals surface area contributed by atoms with Gasteiger partial charge in [-0.25, -0.2) is 4.98 Å². The number of nitrogens with one attached hydrogen (secondary N) is 1. The molecule has 98 valence electrons. The van der Waals surface area contributed by atoms with Crippen LogP contribution < -0.4 is 0 Å². The molecule has 0 aliphatic carbocycles. The quantitative estimate of drug-likeness (QED) is 0.722. The summed E-state index contributed by atoms with van der Waals surface area (Å²) in [5.41, 5.74) is 3.09. The first-order valence-electron chi connectivity index (χ1n) is 6.31. The van der Waals surface area contributed by atoms with Crippen LogP contribution in [0.3, 0.4) is 0 Å². The maximum Gasteiger partial charge on any atom is 0.179 e. The van der Waals surface area contributed by atoms with Gasteiger partial charge in [-0.2, -0.15) is 0 Å². The largest absolute Gasteiger partial charge is 0.329 e. The molecule has 5 heteroatoms. The predicted octanol–water partition coefficient (Wildman–Crippen LogP) is 4.46. The molecule has 0 aliphatic heterocycles. The molecule has 0 fully saturated rings. The summed E-state index contributed by atoms with van der Waals surface area (Å²) in [5.74, 6) is 0. The number of hydrogen-bond acceptors (Lipinski definition) is 3. The smallest absolute Gasteiger partial charge is 0.179 e. The fourth-order valence-corrected chi connectivity index (χ4v) is 3.62. The van der Waals surface area contributed by atoms with E-state index >= 15 is 0 Å². The third-order valence-electron chi connectivity index (χ3n) is 3.26. The first-order chi connectivity index (χ1) is 9.20. The molecule has 0 aromatic carbocycles. The van der Waals surface area contributed by atoms with Crippen LogP contribution in [0.1, 0.15) is 29.8 Å². The Balaban J connectivity index is 2.24. The number of pyridine rings is 1. The number of aromatic nitrogens is 3. The Morgan fingerprint density at radius 3 is 3.05 bits per heavy atom. The van der Waals surface area contributed by atoms with E-state index in [1.165, 1.54) is 4.88 Å². The molecule has 3 nitrogen and oxygen atoms in total. The van der Waals surface area contributed by atoms with Crippen LogP contribution in [0.4, 0.5) is 0 Å². The fraction of sp³-hybridized carbons (Fsp3) is 0.286. The minimum atomic E-state index is 0.261. The Hall–Kier alpha value is -1.46. The van der Waals surface area contributed by atoms with Crippen molar-refractivity contribution >= 4 is 34.7 Å². The predicted molar refractivity (Wildman–Crippen MR) is 82.4 cm³/mol. The highest BCUT2D eigenvalue weighted by Gasteiger charge is 2.17. The van der Waals surface area contributed by atoms with E-state index in [9.17, 15) is 0 Å². The van der Waals surface area contributed by atoms with Crippen molar-refractivity contribution in [2.75, 3.05) is 0 Å². The normalized spacial score (nSPS) is 12.9. The number of thiophene rings is 1. The van der Waals surface area contributed by atoms with Gasteiger partial charge in [0.25, 0.3) is 0 Å². The van der Waals surface area contributed by atoms with Gasteiger partial charge in [0.05, 0.1) is 11.6 Å². The zero-order chi connectivity index (χ0) is 13.4. The minimum absolute atomic E-state index is 0.261. The Kier molecular flexibility index (Phi) is 3.24. The average Bonchev–Trinajstić information content (AvgIpc) is 2.99. The third-order valence-corrected chi connectivity index (χ3v) is 4.53. The second-order valence-electron chi connectivity index (χ2n) is 4.62. The zero-order valence-electron chi connectivity index (χ0n) is 10.9. The molecule has 1 atom stereocenters. The van der Waals surface area contributed by atoms with E-state index in [0.29, 0.717) is 0 Å². The van der Waals surface area contributed by atoms with E-state index < -0.39 is 0 Å². The number of rotatable bonds is 3. The molecule has 19 heavy (non-hydrogen) atoms. The monoisotopic (exact) mass is 289 g/mol. The Morgan fingerprint density at radius 1 is 1.53 bits per heavy atom. The van der Waals surface area contributed by atoms with Crippen LogP contribution in [0.5, 0.6) is 0 Å². The second kappa shape index (κ2) is 4.90. The first-order valence-corrected chi connectivity index (χ1v) is 7.59. The van der Waals surface area contributed by atoms with Gasteiger partial charge in [-0.05, 0) is 48.6 Å². The van der Waals surface area contributed by atoms with Gasteiger partial charge in [0.1, 0.15) is 0 Å². The molecule has 3 heterocycles. The van der Waals surface area contributed by atoms with Crippen LogP contribution >= 0.6 is 23.6 Å². The van der Waals surface area contributed by atoms with Crippen molar-refractivity contribution < 1.29 is 0 Å². The number of aryl methyl sites for hydroxylation is 1. The highest BCUT2D eigenvalue weighted by atomic mass is 32.1. The minimum Gasteiger partial charge on any atom is -0.329 e. The molecular weight excluding hydrogens is 274 g/mol. The Labute approximate surface area is 120 Å². The molecule has 0 saturated heterocycles. The van der Waals surface area contributed by atoms with Crippen LogP contribution in [0, 0.1) is 11.7 Å². The van der Waals surface area contributed by atoms with Gasteiger partial charge in [-0.1, -0.05) is 13.0 Å². The molecule has 3 aromatic heterocycles. The van der Waals surface area contributed by atoms with Crippen LogP contribution in [-0.4, -0.2) is 14.5 Å². The highest BCUT2D eigenvalue weighted by molar-refractivity contribution is 7.71. The molecule has 0 amide bonds. The van der Waals surface area contributed by atoms with Gasteiger partial charge in [0, 0.05) is 11.1 Å². The summed E-state index contributed by atoms with van der Waals surface area (Å²) in [6.07, 6.45) is 2.89. The van der Waals surface area contributed by atoms with E-state index in [0.717, 1.165) is 27.9 Å². The van der Waals surface area contributed by atoms with Crippen molar-refractivity contribution in [1.29, 1.82) is 0 Å². The van der Waals surface area contributed by atoms with Crippen LogP contribution in [-0.2, 0) is 0 Å². The summed E-state index contributed by atoms with van der Waals surface area (Å²) >= 11 is 7.25. The summed E-state index contributed by atoms with van der Waals surface area (Å²) < 4.78 is 2.88. The summed E-state index contributed by atoms with van der Waals surface area (Å²) in [4.78, 5) is 9.14. The third kappa shape index (κ3) is 2.13. The Morgan fingerprint density at radius 2 is 2.37 bits per heavy atom. The molecular formula is C14H15N3S2. The lowest BCUT2D eigenvalue weighted by Crippen LogP contribution is -2.09. The molecule has 0 spiro atoms. The maximum absolute atomic E-state index is 5.48. The number of imidazole rings is 1. The molecule has 0 aliphatic rings. The van der Waals surface area contributed by atoms with Gasteiger partial charge in [0.15, 0.2) is 10.4 Å². The van der Waals surface area contributed by atoms with Crippen molar-refractivity contribution in [3.05, 3.63) is 45.0 Å². The number of fused-ring (bicyclic) bond motifs is 1. The number of hydrogen-bond donors (Lipinski definition) is 1. The lowest BCUT2D eigenvalue weighted by Gasteiger charge is -2.15. The molecule has 3 rings (SSSR count). The van der Waals surface area contributed by atoms with Gasteiger partial charge in [-0.3, -0.25) is 4.57 Å². The van der Waals surface area contributed by atoms with E-state index in [1.54, 1.807) is 11.3 Å². The van der Waals surface area contributed by atoms with Crippen molar-refractivity contribution in [1.82, 2.24) is 14.5 Å². The average molecular weight is 289 g/mol. The number of H-pyrrole nitrogens is 1. The molecule has 3 aromatic rings.